The fourth-order valence-electron chi connectivity index (χ4n) is 4.70. The Labute approximate surface area is 173 Å². The minimum absolute atomic E-state index is 0.0607. The third-order valence-corrected chi connectivity index (χ3v) is 6.39. The molecule has 7 heteroatoms. The number of Topliss-reactive ketones (excluding diaryl/α,β-unsaturated/α-hetero) is 1. The van der Waals surface area contributed by atoms with Crippen LogP contribution >= 0.6 is 0 Å². The van der Waals surface area contributed by atoms with E-state index in [2.05, 4.69) is 22.0 Å². The highest BCUT2D eigenvalue weighted by Crippen LogP contribution is 2.40. The van der Waals surface area contributed by atoms with Crippen molar-refractivity contribution in [3.05, 3.63) is 42.0 Å². The van der Waals surface area contributed by atoms with E-state index in [-0.39, 0.29) is 17.0 Å². The summed E-state index contributed by atoms with van der Waals surface area (Å²) >= 11 is 0. The minimum atomic E-state index is -0.312. The molecular weight excluding hydrogens is 381 g/mol. The molecule has 0 radical (unpaired) electrons. The number of carbonyl (C=O) groups excluding carboxylic acids is 1. The molecule has 0 amide bonds. The molecule has 0 bridgehead atoms. The Kier molecular flexibility index (Phi) is 4.41. The van der Waals surface area contributed by atoms with Gasteiger partial charge in [0.25, 0.3) is 0 Å². The first-order chi connectivity index (χ1) is 14.4. The third kappa shape index (κ3) is 3.18. The molecule has 1 saturated carbocycles. The molecule has 0 spiro atoms. The lowest BCUT2D eigenvalue weighted by Gasteiger charge is -2.32. The maximum atomic E-state index is 13.6. The molecule has 0 unspecified atom stereocenters. The quantitative estimate of drug-likeness (QED) is 0.474. The molecule has 3 aromatic heterocycles. The first-order valence-electron chi connectivity index (χ1n) is 10.4. The third-order valence-electron chi connectivity index (χ3n) is 6.39. The van der Waals surface area contributed by atoms with Gasteiger partial charge in [0, 0.05) is 25.1 Å². The number of aromatic amines is 1. The van der Waals surface area contributed by atoms with Crippen LogP contribution in [0.3, 0.4) is 0 Å². The summed E-state index contributed by atoms with van der Waals surface area (Å²) in [6.07, 6.45) is 9.70. The smallest absolute Gasteiger partial charge is 0.167 e. The van der Waals surface area contributed by atoms with E-state index < -0.39 is 0 Å². The van der Waals surface area contributed by atoms with Crippen LogP contribution in [0.15, 0.2) is 30.6 Å². The number of aryl methyl sites for hydroxylation is 1. The summed E-state index contributed by atoms with van der Waals surface area (Å²) < 4.78 is 15.3. The Balaban J connectivity index is 1.55. The Bertz CT molecular complexity index is 1270. The number of benzene rings is 1. The average molecular weight is 405 g/mol. The van der Waals surface area contributed by atoms with Crippen molar-refractivity contribution < 1.29 is 9.18 Å². The van der Waals surface area contributed by atoms with Gasteiger partial charge in [0.05, 0.1) is 17.3 Å². The van der Waals surface area contributed by atoms with E-state index in [1.54, 1.807) is 30.2 Å². The molecule has 3 heterocycles. The van der Waals surface area contributed by atoms with Crippen molar-refractivity contribution >= 4 is 27.9 Å². The van der Waals surface area contributed by atoms with Crippen LogP contribution in [0.25, 0.3) is 33.5 Å². The van der Waals surface area contributed by atoms with Crippen LogP contribution in [0.5, 0.6) is 0 Å². The van der Waals surface area contributed by atoms with E-state index in [1.807, 2.05) is 0 Å². The number of nitrogens with one attached hydrogen (secondary N) is 1. The molecule has 4 aromatic rings. The van der Waals surface area contributed by atoms with Gasteiger partial charge in [-0.2, -0.15) is 5.10 Å². The summed E-state index contributed by atoms with van der Waals surface area (Å²) in [5, 5.41) is 5.32. The first-order valence-corrected chi connectivity index (χ1v) is 10.4. The molecule has 0 aliphatic heterocycles. The highest BCUT2D eigenvalue weighted by molar-refractivity contribution is 6.06. The van der Waals surface area contributed by atoms with Crippen LogP contribution in [0.4, 0.5) is 4.39 Å². The summed E-state index contributed by atoms with van der Waals surface area (Å²) in [5.41, 5.74) is 3.67. The summed E-state index contributed by atoms with van der Waals surface area (Å²) in [6.45, 7) is 2.22. The van der Waals surface area contributed by atoms with Crippen LogP contribution in [0.1, 0.15) is 55.8 Å². The Morgan fingerprint density at radius 2 is 2.07 bits per heavy atom. The number of halogens is 1. The van der Waals surface area contributed by atoms with E-state index in [4.69, 9.17) is 4.98 Å². The molecule has 0 saturated heterocycles. The maximum absolute atomic E-state index is 13.6. The van der Waals surface area contributed by atoms with E-state index in [0.717, 1.165) is 18.2 Å². The average Bonchev–Trinajstić information content (AvgIpc) is 3.29. The molecule has 30 heavy (non-hydrogen) atoms. The maximum Gasteiger partial charge on any atom is 0.167 e. The van der Waals surface area contributed by atoms with Crippen LogP contribution in [-0.2, 0) is 7.05 Å². The van der Waals surface area contributed by atoms with Gasteiger partial charge in [-0.1, -0.05) is 26.2 Å². The molecule has 1 N–H and O–H groups in total. The standard InChI is InChI=1S/C23H24FN5O/c1-23(8-4-3-5-9-23)11-19(30)16-12-25-22-21(16)27-17(13-26-22)20-15-7-6-14(24)10-18(15)29(2)28-20/h6-7,10,12-13H,3-5,8-9,11H2,1-2H3,(H,25,26). The highest BCUT2D eigenvalue weighted by Gasteiger charge is 2.31. The second-order valence-electron chi connectivity index (χ2n) is 8.76. The fourth-order valence-corrected chi connectivity index (χ4v) is 4.70. The second kappa shape index (κ2) is 7.00. The molecule has 0 atom stereocenters. The van der Waals surface area contributed by atoms with E-state index in [9.17, 15) is 9.18 Å². The molecular formula is C23H24FN5O. The van der Waals surface area contributed by atoms with E-state index in [1.165, 1.54) is 31.4 Å². The van der Waals surface area contributed by atoms with Gasteiger partial charge in [0.1, 0.15) is 22.7 Å². The number of ketones is 1. The Morgan fingerprint density at radius 3 is 2.87 bits per heavy atom. The van der Waals surface area contributed by atoms with Gasteiger partial charge in [0.2, 0.25) is 0 Å². The zero-order valence-corrected chi connectivity index (χ0v) is 17.2. The predicted molar refractivity (Wildman–Crippen MR) is 114 cm³/mol. The van der Waals surface area contributed by atoms with Crippen molar-refractivity contribution in [1.82, 2.24) is 24.7 Å². The van der Waals surface area contributed by atoms with Crippen molar-refractivity contribution in [3.8, 4) is 11.4 Å². The van der Waals surface area contributed by atoms with Gasteiger partial charge in [-0.05, 0) is 36.5 Å². The highest BCUT2D eigenvalue weighted by atomic mass is 19.1. The number of hydrogen-bond donors (Lipinski definition) is 1. The topological polar surface area (TPSA) is 76.5 Å². The van der Waals surface area contributed by atoms with Crippen molar-refractivity contribution in [3.63, 3.8) is 0 Å². The van der Waals surface area contributed by atoms with Crippen LogP contribution in [-0.4, -0.2) is 30.5 Å². The Hall–Kier alpha value is -3.09. The number of aromatic nitrogens is 5. The zero-order valence-electron chi connectivity index (χ0n) is 17.2. The van der Waals surface area contributed by atoms with E-state index >= 15 is 0 Å². The predicted octanol–water partition coefficient (Wildman–Crippen LogP) is 5.19. The van der Waals surface area contributed by atoms with Crippen molar-refractivity contribution in [2.45, 2.75) is 45.4 Å². The van der Waals surface area contributed by atoms with Crippen LogP contribution < -0.4 is 0 Å². The van der Waals surface area contributed by atoms with Gasteiger partial charge in [0.15, 0.2) is 11.4 Å². The van der Waals surface area contributed by atoms with E-state index in [0.29, 0.717) is 40.1 Å². The number of rotatable bonds is 4. The van der Waals surface area contributed by atoms with Gasteiger partial charge >= 0.3 is 0 Å². The normalized spacial score (nSPS) is 16.4. The number of nitrogens with zero attached hydrogens (tertiary/aromatic N) is 4. The molecule has 1 aliphatic rings. The molecule has 6 nitrogen and oxygen atoms in total. The van der Waals surface area contributed by atoms with Crippen molar-refractivity contribution in [2.24, 2.45) is 12.5 Å². The first kappa shape index (κ1) is 18.9. The number of hydrogen-bond acceptors (Lipinski definition) is 4. The number of fused-ring (bicyclic) bond motifs is 2. The minimum Gasteiger partial charge on any atom is -0.344 e. The molecule has 1 aliphatic carbocycles. The number of H-pyrrole nitrogens is 1. The van der Waals surface area contributed by atoms with Crippen LogP contribution in [0.2, 0.25) is 0 Å². The summed E-state index contributed by atoms with van der Waals surface area (Å²) in [5.74, 6) is -0.210. The van der Waals surface area contributed by atoms with Gasteiger partial charge in [-0.15, -0.1) is 0 Å². The lowest BCUT2D eigenvalue weighted by molar-refractivity contribution is 0.0884. The molecule has 1 fully saturated rings. The summed E-state index contributed by atoms with van der Waals surface area (Å²) in [4.78, 5) is 25.4. The van der Waals surface area contributed by atoms with Gasteiger partial charge in [-0.25, -0.2) is 14.4 Å². The Morgan fingerprint density at radius 1 is 1.27 bits per heavy atom. The largest absolute Gasteiger partial charge is 0.344 e. The molecule has 5 rings (SSSR count). The van der Waals surface area contributed by atoms with Crippen molar-refractivity contribution in [1.29, 1.82) is 0 Å². The lowest BCUT2D eigenvalue weighted by Crippen LogP contribution is -2.23. The van der Waals surface area contributed by atoms with Crippen molar-refractivity contribution in [2.75, 3.05) is 0 Å². The molecule has 154 valence electrons. The SMILES string of the molecule is Cn1nc(-c2cnc3[nH]cc(C(=O)CC4(C)CCCCC4)c3n2)c2ccc(F)cc21. The van der Waals surface area contributed by atoms with Gasteiger partial charge in [-0.3, -0.25) is 9.48 Å². The molecule has 1 aromatic carbocycles. The fraction of sp³-hybridized carbons (Fsp3) is 0.391. The van der Waals surface area contributed by atoms with Crippen LogP contribution in [0, 0.1) is 11.2 Å². The summed E-state index contributed by atoms with van der Waals surface area (Å²) in [6, 6.07) is 4.56. The second-order valence-corrected chi connectivity index (χ2v) is 8.76. The lowest BCUT2D eigenvalue weighted by atomic mass is 9.72. The zero-order chi connectivity index (χ0) is 20.9. The van der Waals surface area contributed by atoms with Gasteiger partial charge < -0.3 is 4.98 Å². The monoisotopic (exact) mass is 405 g/mol. The number of carbonyl (C=O) groups is 1. The summed E-state index contributed by atoms with van der Waals surface area (Å²) in [7, 11) is 1.77.